The van der Waals surface area contributed by atoms with Gasteiger partial charge in [0.15, 0.2) is 0 Å². The van der Waals surface area contributed by atoms with Crippen molar-refractivity contribution in [2.45, 2.75) is 93.9 Å². The average molecular weight is 995 g/mol. The summed E-state index contributed by atoms with van der Waals surface area (Å²) in [6.07, 6.45) is 4.47. The first-order valence-corrected chi connectivity index (χ1v) is 27.6. The third-order valence-electron chi connectivity index (χ3n) is 16.1. The second-order valence-corrected chi connectivity index (χ2v) is 25.6. The number of furan rings is 2. The summed E-state index contributed by atoms with van der Waals surface area (Å²) < 4.78 is 14.3. The quantitative estimate of drug-likeness (QED) is 0.185. The lowest BCUT2D eigenvalue weighted by molar-refractivity contribution is 0.569. The predicted octanol–water partition coefficient (Wildman–Crippen LogP) is 20.0. The first-order valence-electron chi connectivity index (χ1n) is 26.3. The number of nitrogens with one attached hydrogen (secondary N) is 2. The molecule has 8 bridgehead atoms. The van der Waals surface area contributed by atoms with Gasteiger partial charge in [-0.3, -0.25) is 0 Å². The fourth-order valence-corrected chi connectivity index (χ4v) is 15.8. The number of fused-ring (bicyclic) bond motifs is 16. The highest BCUT2D eigenvalue weighted by Gasteiger charge is 2.31. The summed E-state index contributed by atoms with van der Waals surface area (Å²) in [5.74, 6) is 0. The van der Waals surface area contributed by atoms with E-state index < -0.39 is 7.34 Å². The van der Waals surface area contributed by atoms with Crippen LogP contribution in [0.4, 0.5) is 0 Å². The Morgan fingerprint density at radius 2 is 0.973 bits per heavy atom. The minimum Gasteiger partial charge on any atom is -0.455 e. The molecule has 0 aliphatic carbocycles. The Morgan fingerprint density at radius 3 is 1.56 bits per heavy atom. The molecule has 0 amide bonds. The van der Waals surface area contributed by atoms with Crippen molar-refractivity contribution >= 4 is 101 Å². The molecule has 0 fully saturated rings. The van der Waals surface area contributed by atoms with Crippen LogP contribution in [-0.4, -0.2) is 19.9 Å². The SMILES string of the molecule is Cc1cc(C)c(-c2c3nc(c(-c4cc(C(C)(C)C)cc(C(C)(C)C)c4)c4ccc([nH]4)c(-c4c(C)cc(C)cc4C)c4cc5c6oc7ccccc7c6p6c(c-5n4)c4[nH]c2cc4c2oc4ccccc4c26)C=C3)c(C)c1. The first kappa shape index (κ1) is 45.7. The number of aryl methyl sites for hydroxylation is 6. The van der Waals surface area contributed by atoms with Crippen molar-refractivity contribution in [2.24, 2.45) is 0 Å². The van der Waals surface area contributed by atoms with Crippen molar-refractivity contribution in [1.82, 2.24) is 19.9 Å². The largest absolute Gasteiger partial charge is 0.455 e. The average Bonchev–Trinajstić information content (AvgIpc) is 4.35. The molecule has 6 aromatic heterocycles. The second-order valence-electron chi connectivity index (χ2n) is 23.6. The highest BCUT2D eigenvalue weighted by molar-refractivity contribution is 7.63. The van der Waals surface area contributed by atoms with Gasteiger partial charge in [0, 0.05) is 60.1 Å². The Labute approximate surface area is 437 Å². The van der Waals surface area contributed by atoms with Crippen LogP contribution in [-0.2, 0) is 10.8 Å². The van der Waals surface area contributed by atoms with Gasteiger partial charge in [-0.2, -0.15) is 0 Å². The van der Waals surface area contributed by atoms with Crippen LogP contribution in [0.3, 0.4) is 0 Å². The number of para-hydroxylation sites is 2. The van der Waals surface area contributed by atoms with Crippen LogP contribution in [0.2, 0.25) is 0 Å². The van der Waals surface area contributed by atoms with Gasteiger partial charge in [-0.25, -0.2) is 9.97 Å². The van der Waals surface area contributed by atoms with E-state index >= 15 is 0 Å². The molecule has 2 N–H and O–H groups in total. The van der Waals surface area contributed by atoms with Crippen molar-refractivity contribution in [2.75, 3.05) is 0 Å². The van der Waals surface area contributed by atoms with Gasteiger partial charge in [-0.1, -0.05) is 139 Å². The van der Waals surface area contributed by atoms with Crippen LogP contribution in [0.25, 0.3) is 138 Å². The predicted molar refractivity (Wildman–Crippen MR) is 319 cm³/mol. The molecule has 1 atom stereocenters. The Balaban J connectivity index is 1.29. The van der Waals surface area contributed by atoms with E-state index in [1.807, 2.05) is 0 Å². The number of hydrogen-bond donors (Lipinski definition) is 2. The molecule has 0 radical (unpaired) electrons. The highest BCUT2D eigenvalue weighted by atomic mass is 31.1. The molecule has 6 nitrogen and oxygen atoms in total. The summed E-state index contributed by atoms with van der Waals surface area (Å²) in [5, 5.41) is 6.83. The number of H-pyrrole nitrogens is 2. The molecule has 0 spiro atoms. The number of aromatic nitrogens is 4. The monoisotopic (exact) mass is 994 g/mol. The van der Waals surface area contributed by atoms with E-state index in [0.29, 0.717) is 0 Å². The van der Waals surface area contributed by atoms with Gasteiger partial charge in [-0.15, -0.1) is 0 Å². The van der Waals surface area contributed by atoms with Crippen molar-refractivity contribution < 1.29 is 8.83 Å². The number of nitrogens with zero attached hydrogens (tertiary/aromatic N) is 2. The maximum atomic E-state index is 7.15. The summed E-state index contributed by atoms with van der Waals surface area (Å²) >= 11 is 0. The molecule has 14 rings (SSSR count). The minimum absolute atomic E-state index is 0.103. The zero-order valence-electron chi connectivity index (χ0n) is 44.8. The van der Waals surface area contributed by atoms with Crippen LogP contribution in [0.1, 0.15) is 97.4 Å². The summed E-state index contributed by atoms with van der Waals surface area (Å²) in [7, 11) is -1.28. The van der Waals surface area contributed by atoms with Crippen LogP contribution < -0.4 is 0 Å². The fraction of sp³-hybridized carbons (Fsp3) is 0.206. The van der Waals surface area contributed by atoms with E-state index in [1.54, 1.807) is 0 Å². The van der Waals surface area contributed by atoms with E-state index in [9.17, 15) is 0 Å². The molecule has 5 aromatic carbocycles. The fourth-order valence-electron chi connectivity index (χ4n) is 12.8. The zero-order valence-corrected chi connectivity index (χ0v) is 45.7. The van der Waals surface area contributed by atoms with Crippen LogP contribution in [0.15, 0.2) is 124 Å². The molecule has 1 unspecified atom stereocenters. The molecule has 0 saturated carbocycles. The number of rotatable bonds is 3. The van der Waals surface area contributed by atoms with E-state index in [0.717, 1.165) is 111 Å². The topological polar surface area (TPSA) is 83.6 Å². The summed E-state index contributed by atoms with van der Waals surface area (Å²) in [4.78, 5) is 20.1. The van der Waals surface area contributed by atoms with Gasteiger partial charge in [0.1, 0.15) is 22.3 Å². The standard InChI is InChI=1S/C68H59N4O2P/c1-34-25-36(3)55(37(4)26-34)58-49-23-21-47(69-49)57(40-29-41(67(7,8)9)31-42(30-40)68(10,11)12)48-22-24-50(70-48)59(56-38(5)27-35(2)28-39(56)6)52-33-46-61(72-52)66-60-45(32-51(58)71-60)62-64(43-17-13-15-19-53(43)73-62)75(66)65-44-18-14-16-20-54(44)74-63(46)65/h13-33,69,72H,1-12H3. The highest BCUT2D eigenvalue weighted by Crippen LogP contribution is 2.60. The lowest BCUT2D eigenvalue weighted by Crippen LogP contribution is -2.16. The maximum absolute atomic E-state index is 7.15. The third kappa shape index (κ3) is 6.78. The minimum atomic E-state index is -1.28. The molecule has 0 saturated heterocycles. The lowest BCUT2D eigenvalue weighted by Gasteiger charge is -2.26. The van der Waals surface area contributed by atoms with Gasteiger partial charge < -0.3 is 18.8 Å². The number of aromatic amines is 2. The Kier molecular flexibility index (Phi) is 9.62. The molecule has 7 heteroatoms. The summed E-state index contributed by atoms with van der Waals surface area (Å²) in [6, 6.07) is 42.7. The Hall–Kier alpha value is -7.92. The van der Waals surface area contributed by atoms with E-state index in [4.69, 9.17) is 18.8 Å². The number of hydrogen-bond acceptors (Lipinski definition) is 4. The molecule has 3 aliphatic rings. The molecule has 3 aliphatic heterocycles. The molecular formula is C68H59N4O2P. The summed E-state index contributed by atoms with van der Waals surface area (Å²) in [5.41, 5.74) is 28.3. The van der Waals surface area contributed by atoms with Gasteiger partial charge in [-0.05, 0) is 151 Å². The molecule has 75 heavy (non-hydrogen) atoms. The molecule has 9 heterocycles. The Bertz CT molecular complexity index is 4660. The molecular weight excluding hydrogens is 936 g/mol. The van der Waals surface area contributed by atoms with Crippen molar-refractivity contribution in [3.63, 3.8) is 0 Å². The van der Waals surface area contributed by atoms with E-state index in [-0.39, 0.29) is 10.8 Å². The zero-order chi connectivity index (χ0) is 51.7. The van der Waals surface area contributed by atoms with Gasteiger partial charge in [0.2, 0.25) is 0 Å². The lowest BCUT2D eigenvalue weighted by atomic mass is 9.79. The van der Waals surface area contributed by atoms with Crippen molar-refractivity contribution in [1.29, 1.82) is 0 Å². The second kappa shape index (κ2) is 15.8. The van der Waals surface area contributed by atoms with E-state index in [2.05, 4.69) is 220 Å². The normalized spacial score (nSPS) is 13.3. The molecule has 368 valence electrons. The van der Waals surface area contributed by atoms with Crippen LogP contribution in [0.5, 0.6) is 0 Å². The van der Waals surface area contributed by atoms with Gasteiger partial charge in [0.25, 0.3) is 0 Å². The van der Waals surface area contributed by atoms with Gasteiger partial charge in [0.05, 0.1) is 38.4 Å². The maximum Gasteiger partial charge on any atom is 0.149 e. The van der Waals surface area contributed by atoms with Gasteiger partial charge >= 0.3 is 0 Å². The first-order chi connectivity index (χ1) is 35.9. The van der Waals surface area contributed by atoms with Crippen LogP contribution in [0, 0.1) is 41.5 Å². The van der Waals surface area contributed by atoms with Crippen molar-refractivity contribution in [3.05, 3.63) is 171 Å². The van der Waals surface area contributed by atoms with Crippen molar-refractivity contribution in [3.8, 4) is 44.6 Å². The summed E-state index contributed by atoms with van der Waals surface area (Å²) in [6.45, 7) is 27.2. The van der Waals surface area contributed by atoms with Crippen LogP contribution >= 0.6 is 7.34 Å². The number of benzene rings is 5. The van der Waals surface area contributed by atoms with E-state index in [1.165, 1.54) is 71.0 Å². The smallest absolute Gasteiger partial charge is 0.149 e. The molecule has 11 aromatic rings. The Morgan fingerprint density at radius 1 is 0.453 bits per heavy atom. The third-order valence-corrected chi connectivity index (χ3v) is 18.7.